The van der Waals surface area contributed by atoms with Gasteiger partial charge < -0.3 is 4.74 Å². The molecule has 0 amide bonds. The fraction of sp³-hybridized carbons (Fsp3) is 0.333. The van der Waals surface area contributed by atoms with Crippen LogP contribution in [0, 0.1) is 0 Å². The van der Waals surface area contributed by atoms with Crippen LogP contribution in [0.2, 0.25) is 0 Å². The Labute approximate surface area is 79.0 Å². The summed E-state index contributed by atoms with van der Waals surface area (Å²) in [5, 5.41) is 0. The average molecular weight is 174 g/mol. The second kappa shape index (κ2) is 3.25. The highest BCUT2D eigenvalue weighted by Gasteiger charge is 2.17. The number of ether oxygens (including phenoxy) is 1. The standard InChI is InChI=1S/C12H14O/c1-9(13-2)11-8-7-10-5-3-4-6-12(10)11/h3-6H,7-8H2,1-2H3. The van der Waals surface area contributed by atoms with Crippen molar-refractivity contribution in [1.82, 2.24) is 0 Å². The Balaban J connectivity index is 2.50. The molecule has 0 fully saturated rings. The number of aryl methyl sites for hydroxylation is 1. The molecule has 0 bridgehead atoms. The molecule has 0 spiro atoms. The minimum absolute atomic E-state index is 1.06. The van der Waals surface area contributed by atoms with E-state index in [4.69, 9.17) is 4.74 Å². The zero-order valence-corrected chi connectivity index (χ0v) is 8.13. The van der Waals surface area contributed by atoms with E-state index >= 15 is 0 Å². The second-order valence-electron chi connectivity index (χ2n) is 3.40. The van der Waals surface area contributed by atoms with Gasteiger partial charge in [-0.1, -0.05) is 24.3 Å². The van der Waals surface area contributed by atoms with Crippen molar-refractivity contribution in [3.05, 3.63) is 41.2 Å². The Morgan fingerprint density at radius 3 is 2.77 bits per heavy atom. The number of allylic oxidation sites excluding steroid dienone is 2. The zero-order chi connectivity index (χ0) is 9.26. The molecule has 0 radical (unpaired) electrons. The molecule has 1 aliphatic carbocycles. The fourth-order valence-electron chi connectivity index (χ4n) is 1.92. The normalized spacial score (nSPS) is 18.3. The molecular formula is C12H14O. The molecule has 0 heterocycles. The smallest absolute Gasteiger partial charge is 0.0962 e. The van der Waals surface area contributed by atoms with E-state index in [2.05, 4.69) is 24.3 Å². The summed E-state index contributed by atoms with van der Waals surface area (Å²) in [7, 11) is 1.74. The number of methoxy groups -OCH3 is 1. The van der Waals surface area contributed by atoms with Crippen LogP contribution in [0.25, 0.3) is 5.57 Å². The van der Waals surface area contributed by atoms with Crippen molar-refractivity contribution in [2.75, 3.05) is 7.11 Å². The third-order valence-electron chi connectivity index (χ3n) is 2.72. The molecule has 13 heavy (non-hydrogen) atoms. The predicted octanol–water partition coefficient (Wildman–Crippen LogP) is 3.01. The largest absolute Gasteiger partial charge is 0.501 e. The van der Waals surface area contributed by atoms with Crippen LogP contribution in [-0.2, 0) is 11.2 Å². The van der Waals surface area contributed by atoms with Crippen molar-refractivity contribution in [2.45, 2.75) is 19.8 Å². The lowest BCUT2D eigenvalue weighted by molar-refractivity contribution is 0.295. The monoisotopic (exact) mass is 174 g/mol. The molecule has 0 unspecified atom stereocenters. The van der Waals surface area contributed by atoms with E-state index < -0.39 is 0 Å². The maximum absolute atomic E-state index is 5.27. The van der Waals surface area contributed by atoms with Gasteiger partial charge in [-0.05, 0) is 36.5 Å². The first-order chi connectivity index (χ1) is 6.33. The van der Waals surface area contributed by atoms with Gasteiger partial charge in [0.25, 0.3) is 0 Å². The van der Waals surface area contributed by atoms with Gasteiger partial charge in [-0.3, -0.25) is 0 Å². The summed E-state index contributed by atoms with van der Waals surface area (Å²) in [6.45, 7) is 2.04. The summed E-state index contributed by atoms with van der Waals surface area (Å²) in [6, 6.07) is 8.57. The van der Waals surface area contributed by atoms with Gasteiger partial charge in [0.2, 0.25) is 0 Å². The highest BCUT2D eigenvalue weighted by molar-refractivity contribution is 5.73. The van der Waals surface area contributed by atoms with Crippen molar-refractivity contribution in [3.63, 3.8) is 0 Å². The highest BCUT2D eigenvalue weighted by Crippen LogP contribution is 2.34. The number of hydrogen-bond donors (Lipinski definition) is 0. The number of rotatable bonds is 1. The van der Waals surface area contributed by atoms with Crippen molar-refractivity contribution < 1.29 is 4.74 Å². The molecule has 68 valence electrons. The number of benzene rings is 1. The van der Waals surface area contributed by atoms with Crippen molar-refractivity contribution in [1.29, 1.82) is 0 Å². The van der Waals surface area contributed by atoms with Crippen LogP contribution >= 0.6 is 0 Å². The Kier molecular flexibility index (Phi) is 2.09. The van der Waals surface area contributed by atoms with Gasteiger partial charge >= 0.3 is 0 Å². The number of hydrogen-bond acceptors (Lipinski definition) is 1. The van der Waals surface area contributed by atoms with Gasteiger partial charge in [0, 0.05) is 0 Å². The van der Waals surface area contributed by atoms with Gasteiger partial charge in [0.15, 0.2) is 0 Å². The lowest BCUT2D eigenvalue weighted by Crippen LogP contribution is -1.86. The van der Waals surface area contributed by atoms with E-state index in [9.17, 15) is 0 Å². The molecule has 0 atom stereocenters. The fourth-order valence-corrected chi connectivity index (χ4v) is 1.92. The average Bonchev–Trinajstić information content (AvgIpc) is 2.60. The van der Waals surface area contributed by atoms with Crippen LogP contribution in [0.1, 0.15) is 24.5 Å². The highest BCUT2D eigenvalue weighted by atomic mass is 16.5. The van der Waals surface area contributed by atoms with Crippen LogP contribution in [0.3, 0.4) is 0 Å². The van der Waals surface area contributed by atoms with Gasteiger partial charge in [-0.2, -0.15) is 0 Å². The molecule has 0 saturated heterocycles. The summed E-state index contributed by atoms with van der Waals surface area (Å²) in [4.78, 5) is 0. The Bertz CT molecular complexity index is 350. The SMILES string of the molecule is COC(C)=C1CCc2ccccc21. The zero-order valence-electron chi connectivity index (χ0n) is 8.13. The molecule has 1 aromatic carbocycles. The third-order valence-corrected chi connectivity index (χ3v) is 2.72. The molecule has 0 N–H and O–H groups in total. The molecule has 1 nitrogen and oxygen atoms in total. The Morgan fingerprint density at radius 2 is 2.00 bits per heavy atom. The summed E-state index contributed by atoms with van der Waals surface area (Å²) in [5.41, 5.74) is 4.20. The van der Waals surface area contributed by atoms with Gasteiger partial charge in [0.05, 0.1) is 12.9 Å². The quantitative estimate of drug-likeness (QED) is 0.595. The van der Waals surface area contributed by atoms with E-state index in [1.165, 1.54) is 16.7 Å². The minimum Gasteiger partial charge on any atom is -0.501 e. The Hall–Kier alpha value is -1.24. The van der Waals surface area contributed by atoms with Crippen molar-refractivity contribution in [3.8, 4) is 0 Å². The second-order valence-corrected chi connectivity index (χ2v) is 3.40. The van der Waals surface area contributed by atoms with Crippen molar-refractivity contribution in [2.24, 2.45) is 0 Å². The van der Waals surface area contributed by atoms with Crippen LogP contribution in [-0.4, -0.2) is 7.11 Å². The van der Waals surface area contributed by atoms with E-state index in [0.717, 1.165) is 18.6 Å². The molecular weight excluding hydrogens is 160 g/mol. The third kappa shape index (κ3) is 1.35. The van der Waals surface area contributed by atoms with Gasteiger partial charge in [-0.25, -0.2) is 0 Å². The minimum atomic E-state index is 1.06. The predicted molar refractivity (Wildman–Crippen MR) is 54.4 cm³/mol. The van der Waals surface area contributed by atoms with E-state index in [1.54, 1.807) is 7.11 Å². The van der Waals surface area contributed by atoms with E-state index in [0.29, 0.717) is 0 Å². The maximum atomic E-state index is 5.27. The summed E-state index contributed by atoms with van der Waals surface area (Å²) < 4.78 is 5.27. The Morgan fingerprint density at radius 1 is 1.23 bits per heavy atom. The van der Waals surface area contributed by atoms with E-state index in [1.807, 2.05) is 6.92 Å². The first kappa shape index (κ1) is 8.36. The molecule has 0 aliphatic heterocycles. The summed E-state index contributed by atoms with van der Waals surface area (Å²) in [6.07, 6.45) is 2.28. The molecule has 0 saturated carbocycles. The summed E-state index contributed by atoms with van der Waals surface area (Å²) >= 11 is 0. The maximum Gasteiger partial charge on any atom is 0.0962 e. The van der Waals surface area contributed by atoms with Crippen LogP contribution in [0.15, 0.2) is 30.0 Å². The number of fused-ring (bicyclic) bond motifs is 1. The first-order valence-electron chi connectivity index (χ1n) is 4.65. The van der Waals surface area contributed by atoms with Crippen LogP contribution in [0.5, 0.6) is 0 Å². The molecule has 1 aromatic rings. The van der Waals surface area contributed by atoms with Gasteiger partial charge in [-0.15, -0.1) is 0 Å². The molecule has 2 rings (SSSR count). The first-order valence-corrected chi connectivity index (χ1v) is 4.65. The topological polar surface area (TPSA) is 9.23 Å². The molecule has 0 aromatic heterocycles. The van der Waals surface area contributed by atoms with Gasteiger partial charge in [0.1, 0.15) is 0 Å². The molecule has 1 heteroatoms. The molecule has 1 aliphatic rings. The van der Waals surface area contributed by atoms with Crippen molar-refractivity contribution >= 4 is 5.57 Å². The summed E-state index contributed by atoms with van der Waals surface area (Å²) in [5.74, 6) is 1.06. The van der Waals surface area contributed by atoms with Crippen LogP contribution < -0.4 is 0 Å². The lowest BCUT2D eigenvalue weighted by atomic mass is 10.1. The van der Waals surface area contributed by atoms with Crippen LogP contribution in [0.4, 0.5) is 0 Å². The van der Waals surface area contributed by atoms with E-state index in [-0.39, 0.29) is 0 Å². The lowest BCUT2D eigenvalue weighted by Gasteiger charge is -2.05.